The van der Waals surface area contributed by atoms with Crippen molar-refractivity contribution in [3.05, 3.63) is 210 Å². The minimum Gasteiger partial charge on any atom is -0.481 e. The number of sulfonamides is 4. The quantitative estimate of drug-likeness (QED) is 0.0246. The lowest BCUT2D eigenvalue weighted by Gasteiger charge is -2.30. The molecule has 42 heteroatoms. The molecule has 8 N–H and O–H groups in total. The number of urea groups is 4. The van der Waals surface area contributed by atoms with Crippen LogP contribution in [0.5, 0.6) is 11.8 Å². The van der Waals surface area contributed by atoms with Gasteiger partial charge in [0, 0.05) is 87.4 Å². The summed E-state index contributed by atoms with van der Waals surface area (Å²) in [5.74, 6) is -0.747. The van der Waals surface area contributed by atoms with E-state index in [0.717, 1.165) is 74.5 Å². The number of hydrogen-bond acceptors (Lipinski definition) is 26. The van der Waals surface area contributed by atoms with Crippen molar-refractivity contribution < 1.29 is 75.5 Å². The highest BCUT2D eigenvalue weighted by Gasteiger charge is 2.35. The van der Waals surface area contributed by atoms with E-state index in [9.17, 15) is 66.0 Å². The Bertz CT molecular complexity index is 6330. The number of rotatable bonds is 25. The van der Waals surface area contributed by atoms with Gasteiger partial charge in [0.2, 0.25) is 31.8 Å². The van der Waals surface area contributed by atoms with E-state index in [1.54, 1.807) is 94.6 Å². The number of benzene rings is 4. The summed E-state index contributed by atoms with van der Waals surface area (Å²) in [6.07, 6.45) is 17.5. The second-order valence-electron chi connectivity index (χ2n) is 31.9. The Morgan fingerprint density at radius 3 is 1.19 bits per heavy atom. The van der Waals surface area contributed by atoms with Gasteiger partial charge in [0.25, 0.3) is 25.9 Å². The van der Waals surface area contributed by atoms with Gasteiger partial charge in [-0.3, -0.25) is 15.0 Å². The number of ether oxygens (including phenoxy) is 2. The molecular weight excluding hydrogens is 1770 g/mol. The number of piperidine rings is 2. The number of likely N-dealkylation sites (tertiary alicyclic amines) is 2. The topological polar surface area (TPSA) is 440 Å². The van der Waals surface area contributed by atoms with Crippen LogP contribution in [0.3, 0.4) is 0 Å². The number of hydrogen-bond donors (Lipinski definition) is 8. The number of anilines is 6. The van der Waals surface area contributed by atoms with E-state index in [1.807, 2.05) is 62.3 Å². The first kappa shape index (κ1) is 100. The monoisotopic (exact) mass is 1880 g/mol. The van der Waals surface area contributed by atoms with E-state index in [4.69, 9.17) is 16.0 Å². The van der Waals surface area contributed by atoms with Crippen molar-refractivity contribution in [3.63, 3.8) is 0 Å². The van der Waals surface area contributed by atoms with Crippen LogP contribution < -0.4 is 59.4 Å². The number of aryl methyl sites for hydroxylation is 1. The van der Waals surface area contributed by atoms with Crippen molar-refractivity contribution >= 4 is 104 Å². The van der Waals surface area contributed by atoms with Crippen molar-refractivity contribution in [1.82, 2.24) is 68.6 Å². The molecule has 131 heavy (non-hydrogen) atoms. The predicted octanol–water partition coefficient (Wildman–Crippen LogP) is 14.4. The van der Waals surface area contributed by atoms with Gasteiger partial charge >= 0.3 is 24.1 Å². The maximum atomic E-state index is 14.5. The Balaban J connectivity index is 0.000000182. The highest BCUT2D eigenvalue weighted by atomic mass is 32.2. The van der Waals surface area contributed by atoms with Crippen LogP contribution in [0.4, 0.5) is 72.6 Å². The van der Waals surface area contributed by atoms with Crippen molar-refractivity contribution in [3.8, 4) is 56.3 Å². The van der Waals surface area contributed by atoms with Gasteiger partial charge in [-0.2, -0.15) is 16.8 Å². The van der Waals surface area contributed by atoms with Crippen LogP contribution in [-0.2, 0) is 52.9 Å². The number of halogens is 3. The lowest BCUT2D eigenvalue weighted by molar-refractivity contribution is 0.240. The predicted molar refractivity (Wildman–Crippen MR) is 496 cm³/mol. The fourth-order valence-electron chi connectivity index (χ4n) is 14.7. The van der Waals surface area contributed by atoms with Crippen LogP contribution >= 0.6 is 0 Å². The maximum absolute atomic E-state index is 14.5. The van der Waals surface area contributed by atoms with Crippen LogP contribution in [0.2, 0.25) is 0 Å². The van der Waals surface area contributed by atoms with Gasteiger partial charge in [0.15, 0.2) is 10.1 Å². The fraction of sp³-hybridized carbons (Fsp3) is 0.360. The van der Waals surface area contributed by atoms with Gasteiger partial charge in [-0.25, -0.2) is 88.0 Å². The van der Waals surface area contributed by atoms with E-state index in [2.05, 4.69) is 98.2 Å². The summed E-state index contributed by atoms with van der Waals surface area (Å²) in [5, 5.41) is 8.62. The highest BCUT2D eigenvalue weighted by molar-refractivity contribution is 7.91. The van der Waals surface area contributed by atoms with Gasteiger partial charge in [-0.15, -0.1) is 4.98 Å². The zero-order valence-electron chi connectivity index (χ0n) is 74.8. The first-order valence-corrected chi connectivity index (χ1v) is 47.9. The molecule has 2 saturated heterocycles. The molecule has 0 unspecified atom stereocenters. The Hall–Kier alpha value is -13.1. The van der Waals surface area contributed by atoms with Gasteiger partial charge in [-0.1, -0.05) is 74.1 Å². The zero-order chi connectivity index (χ0) is 95.4. The molecule has 0 radical (unpaired) electrons. The van der Waals surface area contributed by atoms with E-state index < -0.39 is 102 Å². The molecule has 2 aliphatic heterocycles. The SMILES string of the molecule is CCN1CCC(S(=O)(=O)NC(=O)Nc2c(-c3ccnc(OC)c3)cc(F)cc2C(C)C)CC1.CCN1CCC(S(=O)(=O)NC(=O)Nc2c(-c3ccncc3)ccc3c2CCC3)CC1.COc1cc(-c2cc(F)cc(C(C)C)c2NC(=O)NS(=O)(=O)c2cncc(N(C)C)n2)ccn1.[C-]#[N+]c1cc(-c2cc(F)cc(C(C)C)c2NC(=O)NS(=O)(=O)c2cncc(N(C)C)n2)ccn1. The molecular formula is C89H106F3N21O14S4. The number of amides is 8. The van der Waals surface area contributed by atoms with Crippen LogP contribution in [0, 0.1) is 24.0 Å². The second kappa shape index (κ2) is 44.5. The number of fused-ring (bicyclic) bond motifs is 1. The molecule has 0 spiro atoms. The molecule has 0 saturated carbocycles. The number of carbonyl (C=O) groups excluding carboxylic acids is 4. The molecule has 0 bridgehead atoms. The van der Waals surface area contributed by atoms with E-state index in [0.29, 0.717) is 118 Å². The van der Waals surface area contributed by atoms with Crippen molar-refractivity contribution in [1.29, 1.82) is 0 Å². The van der Waals surface area contributed by atoms with Crippen LogP contribution in [0.15, 0.2) is 163 Å². The average molecular weight is 1880 g/mol. The molecule has 2 fully saturated rings. The van der Waals surface area contributed by atoms with Crippen molar-refractivity contribution in [2.75, 3.05) is 113 Å². The smallest absolute Gasteiger partial charge is 0.333 e. The summed E-state index contributed by atoms with van der Waals surface area (Å²) in [7, 11) is -6.65. The molecule has 696 valence electrons. The summed E-state index contributed by atoms with van der Waals surface area (Å²) in [6, 6.07) is 21.4. The molecule has 1 aliphatic carbocycles. The Morgan fingerprint density at radius 2 is 0.824 bits per heavy atom. The largest absolute Gasteiger partial charge is 0.481 e. The molecule has 0 atom stereocenters. The summed E-state index contributed by atoms with van der Waals surface area (Å²) >= 11 is 0. The minimum absolute atomic E-state index is 0.0881. The van der Waals surface area contributed by atoms with Crippen LogP contribution in [0.1, 0.15) is 133 Å². The fourth-order valence-corrected chi connectivity index (χ4v) is 19.0. The molecule has 4 aromatic carbocycles. The molecule has 3 aliphatic rings. The lowest BCUT2D eigenvalue weighted by Crippen LogP contribution is -2.46. The normalized spacial score (nSPS) is 13.7. The minimum atomic E-state index is -4.35. The van der Waals surface area contributed by atoms with Crippen LogP contribution in [-0.4, -0.2) is 200 Å². The van der Waals surface area contributed by atoms with Crippen molar-refractivity contribution in [2.45, 2.75) is 139 Å². The molecule has 6 aromatic heterocycles. The molecule has 8 amide bonds. The third-order valence-electron chi connectivity index (χ3n) is 21.6. The molecule has 10 aromatic rings. The summed E-state index contributed by atoms with van der Waals surface area (Å²) in [6.45, 7) is 26.9. The number of aromatic nitrogens is 8. The van der Waals surface area contributed by atoms with E-state index in [1.165, 1.54) is 93.2 Å². The molecule has 8 heterocycles. The van der Waals surface area contributed by atoms with E-state index in [-0.39, 0.29) is 40.5 Å². The summed E-state index contributed by atoms with van der Waals surface area (Å²) < 4.78 is 164. The standard InChI is InChI=1S/C23H31FN4O4S.C22H22FN7O3S.C22H25FN6O4S.C22H28N4O3S/c1-5-28-10-7-18(8-11-28)33(30,31)27-23(29)26-22-19(15(2)3)13-17(24)14-20(22)16-6-9-25-21(12-16)32-4;1-13(2)16-9-15(23)10-17(14-6-7-26-18(8-14)24-3)21(16)28-22(31)29-34(32,33)20-12-25-11-19(27-20)30(4)5;1-13(2)16-9-15(23)10-17(14-6-7-25-19(8-14)33-5)21(16)27-22(30)28-34(31,32)20-12-24-11-18(26-20)29(3)4;1-2-26-14-10-18(11-15-26)30(28,29)25-22(27)24-21-19-5-3-4-16(19)6-7-20(21)17-8-12-23-13-9-17/h6,9,12-15,18H,5,7-8,10-11H2,1-4H3,(H2,26,27,29);6-13H,1-2,4-5H3,(H2,28,29,31);6-13H,1-5H3,(H2,27,28,30);6-9,12-13,18H,2-5,10-11,14-15H2,1H3,(H2,24,25,27). The number of nitrogens with one attached hydrogen (secondary N) is 8. The number of carbonyl (C=O) groups is 4. The Morgan fingerprint density at radius 1 is 0.458 bits per heavy atom. The van der Waals surface area contributed by atoms with Gasteiger partial charge in [0.1, 0.15) is 35.3 Å². The zero-order valence-corrected chi connectivity index (χ0v) is 78.1. The Labute approximate surface area is 761 Å². The first-order chi connectivity index (χ1) is 62.1. The Kier molecular flexibility index (Phi) is 34.0. The third kappa shape index (κ3) is 26.4. The van der Waals surface area contributed by atoms with E-state index >= 15 is 0 Å². The molecule has 35 nitrogen and oxygen atoms in total. The molecule has 13 rings (SSSR count). The number of nitrogens with zero attached hydrogens (tertiary/aromatic N) is 13. The van der Waals surface area contributed by atoms with Gasteiger partial charge < -0.3 is 55.2 Å². The number of pyridine rings is 4. The lowest BCUT2D eigenvalue weighted by atomic mass is 9.94. The second-order valence-corrected chi connectivity index (χ2v) is 39.1. The third-order valence-corrected chi connectivity index (χ3v) is 27.6. The summed E-state index contributed by atoms with van der Waals surface area (Å²) in [4.78, 5) is 93.8. The maximum Gasteiger partial charge on any atom is 0.333 e. The highest BCUT2D eigenvalue weighted by Crippen LogP contribution is 2.42. The van der Waals surface area contributed by atoms with Gasteiger partial charge in [0.05, 0.1) is 72.3 Å². The number of methoxy groups -OCH3 is 2. The average Bonchev–Trinajstić information content (AvgIpc) is 0.942. The summed E-state index contributed by atoms with van der Waals surface area (Å²) in [5.41, 5.74) is 9.64. The van der Waals surface area contributed by atoms with Gasteiger partial charge in [-0.05, 0) is 225 Å². The van der Waals surface area contributed by atoms with Crippen LogP contribution in [0.25, 0.3) is 49.4 Å². The first-order valence-electron chi connectivity index (χ1n) is 41.8. The van der Waals surface area contributed by atoms with Crippen molar-refractivity contribution in [2.24, 2.45) is 0 Å².